The van der Waals surface area contributed by atoms with Crippen LogP contribution in [0.3, 0.4) is 0 Å². The quantitative estimate of drug-likeness (QED) is 0.747. The molecule has 104 valence electrons. The zero-order chi connectivity index (χ0) is 14.7. The van der Waals surface area contributed by atoms with Gasteiger partial charge in [0, 0.05) is 11.4 Å². The number of nitrogens with one attached hydrogen (secondary N) is 1. The lowest BCUT2D eigenvalue weighted by molar-refractivity contribution is 0.0698. The predicted molar refractivity (Wildman–Crippen MR) is 76.9 cm³/mol. The Morgan fingerprint density at radius 2 is 1.95 bits per heavy atom. The van der Waals surface area contributed by atoms with Crippen LogP contribution in [0.1, 0.15) is 22.8 Å². The lowest BCUT2D eigenvalue weighted by Gasteiger charge is -2.10. The van der Waals surface area contributed by atoms with Crippen molar-refractivity contribution in [1.82, 2.24) is 0 Å². The van der Waals surface area contributed by atoms with E-state index in [1.807, 2.05) is 31.2 Å². The van der Waals surface area contributed by atoms with Gasteiger partial charge >= 0.3 is 5.97 Å². The molecule has 0 aliphatic heterocycles. The van der Waals surface area contributed by atoms with Gasteiger partial charge in [0.05, 0.1) is 11.3 Å². The molecule has 0 saturated carbocycles. The third kappa shape index (κ3) is 2.88. The van der Waals surface area contributed by atoms with Crippen LogP contribution < -0.4 is 11.1 Å². The molecule has 0 saturated heterocycles. The van der Waals surface area contributed by atoms with Crippen LogP contribution in [0.15, 0.2) is 36.4 Å². The van der Waals surface area contributed by atoms with Gasteiger partial charge in [-0.3, -0.25) is 0 Å². The number of carboxylic acid groups (broad SMARTS) is 1. The van der Waals surface area contributed by atoms with Crippen molar-refractivity contribution in [3.05, 3.63) is 53.3 Å². The van der Waals surface area contributed by atoms with E-state index in [1.54, 1.807) is 0 Å². The molecule has 5 heteroatoms. The molecule has 0 atom stereocenters. The molecule has 20 heavy (non-hydrogen) atoms. The third-order valence-corrected chi connectivity index (χ3v) is 3.01. The van der Waals surface area contributed by atoms with Gasteiger partial charge in [-0.05, 0) is 36.2 Å². The minimum Gasteiger partial charge on any atom is -0.478 e. The maximum atomic E-state index is 13.8. The first kappa shape index (κ1) is 13.9. The average Bonchev–Trinajstić information content (AvgIpc) is 2.42. The molecule has 0 unspecified atom stereocenters. The Bertz CT molecular complexity index is 639. The fraction of sp³-hybridized carbons (Fsp3) is 0.133. The van der Waals surface area contributed by atoms with E-state index in [1.165, 1.54) is 11.6 Å². The predicted octanol–water partition coefficient (Wildman–Crippen LogP) is 3.41. The van der Waals surface area contributed by atoms with Crippen LogP contribution in [0, 0.1) is 5.82 Å². The van der Waals surface area contributed by atoms with Crippen LogP contribution in [0.4, 0.5) is 21.5 Å². The Morgan fingerprint density at radius 3 is 2.50 bits per heavy atom. The molecular formula is C15H15FN2O2. The Hall–Kier alpha value is -2.56. The average molecular weight is 274 g/mol. The topological polar surface area (TPSA) is 75.3 Å². The molecule has 0 radical (unpaired) electrons. The molecule has 0 aliphatic rings. The highest BCUT2D eigenvalue weighted by Crippen LogP contribution is 2.25. The number of hydrogen-bond donors (Lipinski definition) is 3. The van der Waals surface area contributed by atoms with Gasteiger partial charge in [-0.25, -0.2) is 9.18 Å². The minimum absolute atomic E-state index is 0.0841. The largest absolute Gasteiger partial charge is 0.478 e. The highest BCUT2D eigenvalue weighted by atomic mass is 19.1. The maximum absolute atomic E-state index is 13.8. The standard InChI is InChI=1S/C15H15FN2O2/c1-2-9-3-5-10(6-4-9)18-14-7-11(15(19)20)13(17)8-12(14)16/h3-8,18H,2,17H2,1H3,(H,19,20). The lowest BCUT2D eigenvalue weighted by Crippen LogP contribution is -2.05. The van der Waals surface area contributed by atoms with Crippen LogP contribution in [0.2, 0.25) is 0 Å². The zero-order valence-electron chi connectivity index (χ0n) is 11.0. The first-order valence-electron chi connectivity index (χ1n) is 6.19. The van der Waals surface area contributed by atoms with Crippen LogP contribution >= 0.6 is 0 Å². The van der Waals surface area contributed by atoms with Crippen molar-refractivity contribution in [3.63, 3.8) is 0 Å². The number of nitrogen functional groups attached to an aromatic ring is 1. The van der Waals surface area contributed by atoms with Crippen molar-refractivity contribution in [2.75, 3.05) is 11.1 Å². The van der Waals surface area contributed by atoms with Crippen molar-refractivity contribution >= 4 is 23.0 Å². The number of benzene rings is 2. The molecular weight excluding hydrogens is 259 g/mol. The number of anilines is 3. The van der Waals surface area contributed by atoms with Crippen molar-refractivity contribution < 1.29 is 14.3 Å². The molecule has 0 fully saturated rings. The summed E-state index contributed by atoms with van der Waals surface area (Å²) >= 11 is 0. The van der Waals surface area contributed by atoms with Crippen molar-refractivity contribution in [1.29, 1.82) is 0 Å². The Kier molecular flexibility index (Phi) is 3.89. The second-order valence-electron chi connectivity index (χ2n) is 4.40. The summed E-state index contributed by atoms with van der Waals surface area (Å²) in [6.07, 6.45) is 0.916. The van der Waals surface area contributed by atoms with Crippen molar-refractivity contribution in [3.8, 4) is 0 Å². The molecule has 0 bridgehead atoms. The van der Waals surface area contributed by atoms with Crippen molar-refractivity contribution in [2.45, 2.75) is 13.3 Å². The number of carboxylic acids is 1. The van der Waals surface area contributed by atoms with Crippen LogP contribution in [0.5, 0.6) is 0 Å². The summed E-state index contributed by atoms with van der Waals surface area (Å²) in [7, 11) is 0. The monoisotopic (exact) mass is 274 g/mol. The molecule has 4 N–H and O–H groups in total. The van der Waals surface area contributed by atoms with Gasteiger partial charge in [0.15, 0.2) is 0 Å². The van der Waals surface area contributed by atoms with E-state index >= 15 is 0 Å². The summed E-state index contributed by atoms with van der Waals surface area (Å²) in [5.41, 5.74) is 7.19. The van der Waals surface area contributed by atoms with Gasteiger partial charge in [0.25, 0.3) is 0 Å². The molecule has 0 aliphatic carbocycles. The molecule has 0 aromatic heterocycles. The van der Waals surface area contributed by atoms with E-state index < -0.39 is 11.8 Å². The summed E-state index contributed by atoms with van der Waals surface area (Å²) in [5, 5.41) is 11.8. The number of carbonyl (C=O) groups is 1. The van der Waals surface area contributed by atoms with E-state index in [9.17, 15) is 9.18 Å². The van der Waals surface area contributed by atoms with Gasteiger partial charge in [0.2, 0.25) is 0 Å². The van der Waals surface area contributed by atoms with Gasteiger partial charge < -0.3 is 16.2 Å². The molecule has 2 aromatic carbocycles. The van der Waals surface area contributed by atoms with Crippen LogP contribution in [-0.4, -0.2) is 11.1 Å². The Balaban J connectivity index is 2.32. The van der Waals surface area contributed by atoms with E-state index in [0.29, 0.717) is 5.69 Å². The van der Waals surface area contributed by atoms with Gasteiger partial charge in [-0.1, -0.05) is 19.1 Å². The summed E-state index contributed by atoms with van der Waals surface area (Å²) < 4.78 is 13.8. The number of halogens is 1. The van der Waals surface area contributed by atoms with E-state index in [0.717, 1.165) is 12.5 Å². The molecule has 2 rings (SSSR count). The Labute approximate surface area is 116 Å². The molecule has 0 heterocycles. The zero-order valence-corrected chi connectivity index (χ0v) is 11.0. The Morgan fingerprint density at radius 1 is 1.30 bits per heavy atom. The highest BCUT2D eigenvalue weighted by Gasteiger charge is 2.13. The third-order valence-electron chi connectivity index (χ3n) is 3.01. The smallest absolute Gasteiger partial charge is 0.337 e. The maximum Gasteiger partial charge on any atom is 0.337 e. The second-order valence-corrected chi connectivity index (χ2v) is 4.40. The number of nitrogens with two attached hydrogens (primary N) is 1. The molecule has 0 amide bonds. The van der Waals surface area contributed by atoms with Gasteiger partial charge in [-0.2, -0.15) is 0 Å². The summed E-state index contributed by atoms with van der Waals surface area (Å²) in [4.78, 5) is 11.0. The van der Waals surface area contributed by atoms with E-state index in [-0.39, 0.29) is 16.9 Å². The first-order valence-corrected chi connectivity index (χ1v) is 6.19. The lowest BCUT2D eigenvalue weighted by atomic mass is 10.1. The van der Waals surface area contributed by atoms with Gasteiger partial charge in [0.1, 0.15) is 5.82 Å². The number of hydrogen-bond acceptors (Lipinski definition) is 3. The first-order chi connectivity index (χ1) is 9.51. The summed E-state index contributed by atoms with van der Waals surface area (Å²) in [6, 6.07) is 9.68. The SMILES string of the molecule is CCc1ccc(Nc2cc(C(=O)O)c(N)cc2F)cc1. The van der Waals surface area contributed by atoms with E-state index in [4.69, 9.17) is 10.8 Å². The fourth-order valence-corrected chi connectivity index (χ4v) is 1.85. The number of aryl methyl sites for hydroxylation is 1. The number of rotatable bonds is 4. The molecule has 2 aromatic rings. The summed E-state index contributed by atoms with van der Waals surface area (Å²) in [5.74, 6) is -1.78. The highest BCUT2D eigenvalue weighted by molar-refractivity contribution is 5.95. The van der Waals surface area contributed by atoms with Gasteiger partial charge in [-0.15, -0.1) is 0 Å². The van der Waals surface area contributed by atoms with E-state index in [2.05, 4.69) is 5.32 Å². The van der Waals surface area contributed by atoms with Crippen LogP contribution in [-0.2, 0) is 6.42 Å². The second kappa shape index (κ2) is 5.61. The fourth-order valence-electron chi connectivity index (χ4n) is 1.85. The normalized spacial score (nSPS) is 10.3. The minimum atomic E-state index is -1.19. The molecule has 0 spiro atoms. The van der Waals surface area contributed by atoms with Crippen LogP contribution in [0.25, 0.3) is 0 Å². The number of aromatic carboxylic acids is 1. The van der Waals surface area contributed by atoms with Crippen molar-refractivity contribution in [2.24, 2.45) is 0 Å². The summed E-state index contributed by atoms with van der Waals surface area (Å²) in [6.45, 7) is 2.04. The molecule has 4 nitrogen and oxygen atoms in total.